The molecule has 1 amide bonds. The molecule has 0 atom stereocenters. The number of carbonyl (C=O) groups is 1. The second-order valence-electron chi connectivity index (χ2n) is 4.81. The van der Waals surface area contributed by atoms with Crippen molar-refractivity contribution in [3.05, 3.63) is 35.9 Å². The number of hydrogen-bond acceptors (Lipinski definition) is 2. The maximum absolute atomic E-state index is 11.8. The molecular formula is C14H20N2O. The van der Waals surface area contributed by atoms with Crippen LogP contribution in [-0.2, 0) is 11.2 Å². The van der Waals surface area contributed by atoms with E-state index in [2.05, 4.69) is 17.3 Å². The van der Waals surface area contributed by atoms with Gasteiger partial charge in [0.15, 0.2) is 0 Å². The van der Waals surface area contributed by atoms with E-state index in [1.807, 2.05) is 30.3 Å². The Balaban J connectivity index is 1.78. The van der Waals surface area contributed by atoms with Crippen molar-refractivity contribution in [2.75, 3.05) is 20.1 Å². The zero-order valence-electron chi connectivity index (χ0n) is 10.4. The summed E-state index contributed by atoms with van der Waals surface area (Å²) >= 11 is 0. The molecule has 0 unspecified atom stereocenters. The smallest absolute Gasteiger partial charge is 0.224 e. The van der Waals surface area contributed by atoms with Gasteiger partial charge in [0.25, 0.3) is 0 Å². The summed E-state index contributed by atoms with van der Waals surface area (Å²) < 4.78 is 0. The van der Waals surface area contributed by atoms with Gasteiger partial charge in [0.2, 0.25) is 5.91 Å². The van der Waals surface area contributed by atoms with Gasteiger partial charge in [-0.3, -0.25) is 4.79 Å². The number of nitrogens with zero attached hydrogens (tertiary/aromatic N) is 1. The fourth-order valence-corrected chi connectivity index (χ4v) is 2.21. The maximum atomic E-state index is 11.8. The first-order valence-corrected chi connectivity index (χ1v) is 6.26. The maximum Gasteiger partial charge on any atom is 0.224 e. The Morgan fingerprint density at radius 1 is 1.29 bits per heavy atom. The van der Waals surface area contributed by atoms with Gasteiger partial charge in [0, 0.05) is 6.04 Å². The predicted octanol–water partition coefficient (Wildman–Crippen LogP) is 1.44. The number of piperidine rings is 1. The molecule has 1 N–H and O–H groups in total. The first-order chi connectivity index (χ1) is 8.24. The van der Waals surface area contributed by atoms with Gasteiger partial charge < -0.3 is 10.2 Å². The van der Waals surface area contributed by atoms with Crippen LogP contribution in [-0.4, -0.2) is 37.0 Å². The Labute approximate surface area is 103 Å². The van der Waals surface area contributed by atoms with Crippen molar-refractivity contribution >= 4 is 5.91 Å². The van der Waals surface area contributed by atoms with E-state index in [9.17, 15) is 4.79 Å². The van der Waals surface area contributed by atoms with E-state index in [0.29, 0.717) is 12.5 Å². The molecule has 1 saturated heterocycles. The average molecular weight is 232 g/mol. The summed E-state index contributed by atoms with van der Waals surface area (Å²) in [6.45, 7) is 2.16. The Kier molecular flexibility index (Phi) is 4.15. The third-order valence-corrected chi connectivity index (χ3v) is 3.29. The normalized spacial score (nSPS) is 17.9. The van der Waals surface area contributed by atoms with Crippen molar-refractivity contribution < 1.29 is 4.79 Å². The Hall–Kier alpha value is -1.35. The summed E-state index contributed by atoms with van der Waals surface area (Å²) in [5.41, 5.74) is 1.08. The number of hydrogen-bond donors (Lipinski definition) is 1. The molecule has 3 nitrogen and oxygen atoms in total. The highest BCUT2D eigenvalue weighted by Crippen LogP contribution is 2.08. The summed E-state index contributed by atoms with van der Waals surface area (Å²) in [5, 5.41) is 3.12. The lowest BCUT2D eigenvalue weighted by Crippen LogP contribution is -2.43. The van der Waals surface area contributed by atoms with E-state index in [1.165, 1.54) is 0 Å². The minimum Gasteiger partial charge on any atom is -0.353 e. The number of nitrogens with one attached hydrogen (secondary N) is 1. The summed E-state index contributed by atoms with van der Waals surface area (Å²) in [5.74, 6) is 0.144. The van der Waals surface area contributed by atoms with E-state index in [-0.39, 0.29) is 5.91 Å². The Morgan fingerprint density at radius 3 is 2.59 bits per heavy atom. The van der Waals surface area contributed by atoms with Crippen molar-refractivity contribution in [1.29, 1.82) is 0 Å². The molecule has 0 aromatic heterocycles. The molecule has 0 saturated carbocycles. The highest BCUT2D eigenvalue weighted by atomic mass is 16.1. The van der Waals surface area contributed by atoms with Crippen LogP contribution in [0.5, 0.6) is 0 Å². The third-order valence-electron chi connectivity index (χ3n) is 3.29. The van der Waals surface area contributed by atoms with E-state index in [4.69, 9.17) is 0 Å². The van der Waals surface area contributed by atoms with Crippen LogP contribution in [0.3, 0.4) is 0 Å². The molecule has 2 rings (SSSR count). The third kappa shape index (κ3) is 3.86. The zero-order valence-corrected chi connectivity index (χ0v) is 10.4. The standard InChI is InChI=1S/C14H20N2O/c1-16-9-7-13(8-10-16)15-14(17)11-12-5-3-2-4-6-12/h2-6,13H,7-11H2,1H3,(H,15,17). The summed E-state index contributed by atoms with van der Waals surface area (Å²) in [7, 11) is 2.13. The van der Waals surface area contributed by atoms with E-state index < -0.39 is 0 Å². The summed E-state index contributed by atoms with van der Waals surface area (Å²) in [6, 6.07) is 10.3. The first kappa shape index (κ1) is 12.1. The van der Waals surface area contributed by atoms with Crippen LogP contribution in [0.1, 0.15) is 18.4 Å². The van der Waals surface area contributed by atoms with E-state index >= 15 is 0 Å². The SMILES string of the molecule is CN1CCC(NC(=O)Cc2ccccc2)CC1. The van der Waals surface area contributed by atoms with Crippen LogP contribution in [0.2, 0.25) is 0 Å². The van der Waals surface area contributed by atoms with Crippen LogP contribution < -0.4 is 5.32 Å². The topological polar surface area (TPSA) is 32.3 Å². The molecule has 17 heavy (non-hydrogen) atoms. The second kappa shape index (κ2) is 5.82. The largest absolute Gasteiger partial charge is 0.353 e. The molecule has 0 bridgehead atoms. The van der Waals surface area contributed by atoms with E-state index in [1.54, 1.807) is 0 Å². The van der Waals surface area contributed by atoms with Gasteiger partial charge in [-0.15, -0.1) is 0 Å². The molecular weight excluding hydrogens is 212 g/mol. The Bertz CT molecular complexity index is 356. The number of benzene rings is 1. The fourth-order valence-electron chi connectivity index (χ4n) is 2.21. The van der Waals surface area contributed by atoms with Gasteiger partial charge >= 0.3 is 0 Å². The quantitative estimate of drug-likeness (QED) is 0.855. The van der Waals surface area contributed by atoms with Crippen molar-refractivity contribution in [3.8, 4) is 0 Å². The van der Waals surface area contributed by atoms with Gasteiger partial charge in [-0.05, 0) is 38.5 Å². The summed E-state index contributed by atoms with van der Waals surface area (Å²) in [6.07, 6.45) is 2.63. The van der Waals surface area contributed by atoms with Crippen LogP contribution in [0.25, 0.3) is 0 Å². The molecule has 92 valence electrons. The van der Waals surface area contributed by atoms with Gasteiger partial charge in [-0.1, -0.05) is 30.3 Å². The molecule has 0 spiro atoms. The van der Waals surface area contributed by atoms with Crippen LogP contribution in [0.4, 0.5) is 0 Å². The predicted molar refractivity (Wildman–Crippen MR) is 68.8 cm³/mol. The van der Waals surface area contributed by atoms with Gasteiger partial charge in [-0.2, -0.15) is 0 Å². The number of likely N-dealkylation sites (tertiary alicyclic amines) is 1. The average Bonchev–Trinajstić information content (AvgIpc) is 2.33. The molecule has 1 fully saturated rings. The van der Waals surface area contributed by atoms with Gasteiger partial charge in [0.05, 0.1) is 6.42 Å². The van der Waals surface area contributed by atoms with Crippen LogP contribution >= 0.6 is 0 Å². The van der Waals surface area contributed by atoms with Crippen molar-refractivity contribution in [2.24, 2.45) is 0 Å². The number of amides is 1. The molecule has 1 aliphatic rings. The van der Waals surface area contributed by atoms with Crippen molar-refractivity contribution in [1.82, 2.24) is 10.2 Å². The van der Waals surface area contributed by atoms with Crippen LogP contribution in [0.15, 0.2) is 30.3 Å². The number of rotatable bonds is 3. The first-order valence-electron chi connectivity index (χ1n) is 6.26. The highest BCUT2D eigenvalue weighted by Gasteiger charge is 2.18. The molecule has 1 aromatic rings. The van der Waals surface area contributed by atoms with E-state index in [0.717, 1.165) is 31.5 Å². The lowest BCUT2D eigenvalue weighted by atomic mass is 10.0. The molecule has 1 heterocycles. The molecule has 1 aromatic carbocycles. The van der Waals surface area contributed by atoms with Crippen molar-refractivity contribution in [2.45, 2.75) is 25.3 Å². The Morgan fingerprint density at radius 2 is 1.94 bits per heavy atom. The van der Waals surface area contributed by atoms with Crippen molar-refractivity contribution in [3.63, 3.8) is 0 Å². The monoisotopic (exact) mass is 232 g/mol. The fraction of sp³-hybridized carbons (Fsp3) is 0.500. The summed E-state index contributed by atoms with van der Waals surface area (Å²) in [4.78, 5) is 14.1. The lowest BCUT2D eigenvalue weighted by Gasteiger charge is -2.29. The minimum atomic E-state index is 0.144. The molecule has 0 radical (unpaired) electrons. The van der Waals surface area contributed by atoms with Gasteiger partial charge in [-0.25, -0.2) is 0 Å². The molecule has 3 heteroatoms. The zero-order chi connectivity index (χ0) is 12.1. The van der Waals surface area contributed by atoms with Crippen LogP contribution in [0, 0.1) is 0 Å². The van der Waals surface area contributed by atoms with Gasteiger partial charge in [0.1, 0.15) is 0 Å². The molecule has 0 aliphatic carbocycles. The molecule has 1 aliphatic heterocycles. The minimum absolute atomic E-state index is 0.144. The number of carbonyl (C=O) groups excluding carboxylic acids is 1. The highest BCUT2D eigenvalue weighted by molar-refractivity contribution is 5.78. The second-order valence-corrected chi connectivity index (χ2v) is 4.81. The lowest BCUT2D eigenvalue weighted by molar-refractivity contribution is -0.121.